The highest BCUT2D eigenvalue weighted by atomic mass is 79.9. The van der Waals surface area contributed by atoms with Gasteiger partial charge >= 0.3 is 0 Å². The van der Waals surface area contributed by atoms with Gasteiger partial charge in [0, 0.05) is 5.33 Å². The summed E-state index contributed by atoms with van der Waals surface area (Å²) in [5, 5.41) is 0.782. The smallest absolute Gasteiger partial charge is 0.210 e. The van der Waals surface area contributed by atoms with Gasteiger partial charge in [-0.05, 0) is 51.3 Å². The van der Waals surface area contributed by atoms with Gasteiger partial charge in [0.25, 0.3) is 0 Å². The molecule has 0 atom stereocenters. The molecule has 0 saturated carbocycles. The molecule has 4 heteroatoms. The highest BCUT2D eigenvalue weighted by Gasteiger charge is 2.19. The molecule has 0 aliphatic heterocycles. The Morgan fingerprint density at radius 2 is 1.79 bits per heavy atom. The van der Waals surface area contributed by atoms with Crippen LogP contribution in [-0.2, 0) is 9.84 Å². The van der Waals surface area contributed by atoms with Crippen LogP contribution in [0.15, 0.2) is 45.4 Å². The average Bonchev–Trinajstić information content (AvgIpc) is 2.34. The van der Waals surface area contributed by atoms with Crippen molar-refractivity contribution in [3.63, 3.8) is 0 Å². The molecule has 0 heterocycles. The Balaban J connectivity index is 3.28. The maximum Gasteiger partial charge on any atom is 0.210 e. The van der Waals surface area contributed by atoms with E-state index < -0.39 is 9.84 Å². The predicted molar refractivity (Wildman–Crippen MR) is 83.3 cm³/mol. The molecule has 0 bridgehead atoms. The minimum Gasteiger partial charge on any atom is -0.218 e. The van der Waals surface area contributed by atoms with Crippen LogP contribution in [0, 0.1) is 6.92 Å². The Kier molecular flexibility index (Phi) is 6.05. The number of benzene rings is 1. The first-order valence-corrected chi connectivity index (χ1v) is 8.79. The zero-order valence-corrected chi connectivity index (χ0v) is 13.9. The van der Waals surface area contributed by atoms with Crippen LogP contribution in [0.1, 0.15) is 32.3 Å². The van der Waals surface area contributed by atoms with Crippen molar-refractivity contribution in [3.05, 3.63) is 46.0 Å². The average molecular weight is 343 g/mol. The van der Waals surface area contributed by atoms with Crippen LogP contribution in [-0.4, -0.2) is 13.7 Å². The van der Waals surface area contributed by atoms with Crippen molar-refractivity contribution in [3.8, 4) is 0 Å². The van der Waals surface area contributed by atoms with Crippen LogP contribution in [0.3, 0.4) is 0 Å². The fourth-order valence-corrected chi connectivity index (χ4v) is 3.44. The summed E-state index contributed by atoms with van der Waals surface area (Å²) in [4.78, 5) is 0.715. The Hall–Kier alpha value is -0.830. The molecule has 0 saturated heterocycles. The number of hydrogen-bond acceptors (Lipinski definition) is 2. The SMILES string of the molecule is CC(C)=C=C(CCCBr)S(=O)(=O)c1ccc(C)cc1. The quantitative estimate of drug-likeness (QED) is 0.587. The van der Waals surface area contributed by atoms with Gasteiger partial charge in [0.15, 0.2) is 0 Å². The number of hydrogen-bond donors (Lipinski definition) is 0. The molecule has 0 aromatic heterocycles. The Morgan fingerprint density at radius 1 is 1.21 bits per heavy atom. The van der Waals surface area contributed by atoms with E-state index in [2.05, 4.69) is 21.7 Å². The Morgan fingerprint density at radius 3 is 2.26 bits per heavy atom. The minimum atomic E-state index is -3.42. The summed E-state index contributed by atoms with van der Waals surface area (Å²) < 4.78 is 25.1. The maximum atomic E-state index is 12.6. The van der Waals surface area contributed by atoms with Crippen molar-refractivity contribution < 1.29 is 8.42 Å². The van der Waals surface area contributed by atoms with E-state index in [1.54, 1.807) is 12.1 Å². The van der Waals surface area contributed by atoms with Crippen molar-refractivity contribution in [2.45, 2.75) is 38.5 Å². The van der Waals surface area contributed by atoms with Crippen LogP contribution in [0.4, 0.5) is 0 Å². The first-order valence-electron chi connectivity index (χ1n) is 6.18. The number of rotatable bonds is 5. The van der Waals surface area contributed by atoms with Gasteiger partial charge in [-0.1, -0.05) is 33.6 Å². The molecule has 1 aromatic carbocycles. The molecule has 0 radical (unpaired) electrons. The van der Waals surface area contributed by atoms with Crippen LogP contribution in [0.25, 0.3) is 0 Å². The molecule has 2 nitrogen and oxygen atoms in total. The van der Waals surface area contributed by atoms with E-state index in [9.17, 15) is 8.42 Å². The van der Waals surface area contributed by atoms with Gasteiger partial charge in [0.2, 0.25) is 9.84 Å². The van der Waals surface area contributed by atoms with E-state index in [1.165, 1.54) is 0 Å². The summed E-state index contributed by atoms with van der Waals surface area (Å²) in [6.45, 7) is 5.66. The van der Waals surface area contributed by atoms with E-state index in [4.69, 9.17) is 0 Å². The standard InChI is InChI=1S/C15H19BrO2S/c1-12(2)11-15(5-4-10-16)19(17,18)14-8-6-13(3)7-9-14/h6-9H,4-5,10H2,1-3H3. The second-order valence-electron chi connectivity index (χ2n) is 4.66. The lowest BCUT2D eigenvalue weighted by atomic mass is 10.2. The summed E-state index contributed by atoms with van der Waals surface area (Å²) in [6.07, 6.45) is 1.29. The number of aryl methyl sites for hydroxylation is 1. The molecule has 0 amide bonds. The fraction of sp³-hybridized carbons (Fsp3) is 0.400. The number of halogens is 1. The maximum absolute atomic E-state index is 12.6. The molecule has 0 fully saturated rings. The molecular weight excluding hydrogens is 324 g/mol. The number of sulfone groups is 1. The zero-order chi connectivity index (χ0) is 14.5. The van der Waals surface area contributed by atoms with Gasteiger partial charge < -0.3 is 0 Å². The Bertz CT molecular complexity index is 588. The van der Waals surface area contributed by atoms with Crippen LogP contribution in [0.2, 0.25) is 0 Å². The highest BCUT2D eigenvalue weighted by molar-refractivity contribution is 9.09. The lowest BCUT2D eigenvalue weighted by Crippen LogP contribution is -2.05. The summed E-state index contributed by atoms with van der Waals surface area (Å²) in [5.41, 5.74) is 4.92. The minimum absolute atomic E-state index is 0.344. The second kappa shape index (κ2) is 7.09. The van der Waals surface area contributed by atoms with Gasteiger partial charge in [-0.2, -0.15) is 0 Å². The molecular formula is C15H19BrO2S. The third kappa shape index (κ3) is 4.64. The molecule has 104 valence electrons. The van der Waals surface area contributed by atoms with E-state index in [0.29, 0.717) is 16.2 Å². The van der Waals surface area contributed by atoms with Gasteiger partial charge in [0.1, 0.15) is 0 Å². The van der Waals surface area contributed by atoms with E-state index in [0.717, 1.165) is 22.9 Å². The van der Waals surface area contributed by atoms with Crippen molar-refractivity contribution >= 4 is 25.8 Å². The summed E-state index contributed by atoms with van der Waals surface area (Å²) in [5.74, 6) is 0. The van der Waals surface area contributed by atoms with E-state index in [1.807, 2.05) is 32.9 Å². The molecule has 0 aliphatic carbocycles. The van der Waals surface area contributed by atoms with E-state index in [-0.39, 0.29) is 0 Å². The van der Waals surface area contributed by atoms with Gasteiger partial charge in [0.05, 0.1) is 9.80 Å². The second-order valence-corrected chi connectivity index (χ2v) is 7.42. The highest BCUT2D eigenvalue weighted by Crippen LogP contribution is 2.23. The summed E-state index contributed by atoms with van der Waals surface area (Å²) >= 11 is 3.33. The lowest BCUT2D eigenvalue weighted by molar-refractivity contribution is 0.600. The third-order valence-corrected chi connectivity index (χ3v) is 4.99. The molecule has 1 rings (SSSR count). The normalized spacial score (nSPS) is 10.9. The van der Waals surface area contributed by atoms with Gasteiger partial charge in [-0.25, -0.2) is 8.42 Å². The van der Waals surface area contributed by atoms with Crippen LogP contribution < -0.4 is 0 Å². The monoisotopic (exact) mass is 342 g/mol. The van der Waals surface area contributed by atoms with Crippen LogP contribution >= 0.6 is 15.9 Å². The Labute approximate surface area is 124 Å². The van der Waals surface area contributed by atoms with Crippen molar-refractivity contribution in [1.29, 1.82) is 0 Å². The molecule has 1 aromatic rings. The van der Waals surface area contributed by atoms with Crippen molar-refractivity contribution in [2.24, 2.45) is 0 Å². The third-order valence-electron chi connectivity index (χ3n) is 2.58. The van der Waals surface area contributed by atoms with Crippen molar-refractivity contribution in [2.75, 3.05) is 5.33 Å². The first kappa shape index (κ1) is 16.2. The van der Waals surface area contributed by atoms with Crippen molar-refractivity contribution in [1.82, 2.24) is 0 Å². The van der Waals surface area contributed by atoms with Crippen LogP contribution in [0.5, 0.6) is 0 Å². The predicted octanol–water partition coefficient (Wildman–Crippen LogP) is 4.39. The largest absolute Gasteiger partial charge is 0.218 e. The van der Waals surface area contributed by atoms with Gasteiger partial charge in [-0.15, -0.1) is 5.73 Å². The molecule has 0 aliphatic rings. The zero-order valence-electron chi connectivity index (χ0n) is 11.5. The topological polar surface area (TPSA) is 34.1 Å². The fourth-order valence-electron chi connectivity index (χ4n) is 1.63. The lowest BCUT2D eigenvalue weighted by Gasteiger charge is -2.07. The summed E-state index contributed by atoms with van der Waals surface area (Å²) in [6, 6.07) is 6.95. The molecule has 0 spiro atoms. The van der Waals surface area contributed by atoms with Gasteiger partial charge in [-0.3, -0.25) is 0 Å². The molecule has 0 unspecified atom stereocenters. The number of alkyl halides is 1. The number of allylic oxidation sites excluding steroid dienone is 1. The first-order chi connectivity index (χ1) is 8.87. The molecule has 0 N–H and O–H groups in total. The molecule has 19 heavy (non-hydrogen) atoms. The summed E-state index contributed by atoms with van der Waals surface area (Å²) in [7, 11) is -3.42. The van der Waals surface area contributed by atoms with E-state index >= 15 is 0 Å².